The number of carbonyl (C=O) groups is 2. The van der Waals surface area contributed by atoms with Crippen molar-refractivity contribution in [3.63, 3.8) is 0 Å². The molecular weight excluding hydrogens is 350 g/mol. The number of hydrogen-bond donors (Lipinski definition) is 0. The molecule has 1 saturated heterocycles. The molecule has 2 bridgehead atoms. The van der Waals surface area contributed by atoms with E-state index in [0.29, 0.717) is 11.4 Å². The molecule has 28 heavy (non-hydrogen) atoms. The van der Waals surface area contributed by atoms with E-state index in [0.717, 1.165) is 17.7 Å². The highest BCUT2D eigenvalue weighted by molar-refractivity contribution is 6.24. The van der Waals surface area contributed by atoms with Gasteiger partial charge in [0, 0.05) is 0 Å². The molecule has 2 aromatic rings. The van der Waals surface area contributed by atoms with Crippen LogP contribution >= 0.6 is 0 Å². The Hall–Kier alpha value is -2.88. The van der Waals surface area contributed by atoms with Gasteiger partial charge in [0.25, 0.3) is 0 Å². The Kier molecular flexibility index (Phi) is 3.57. The lowest BCUT2D eigenvalue weighted by atomic mass is 9.71. The molecule has 5 rings (SSSR count). The third-order valence-electron chi connectivity index (χ3n) is 6.99. The van der Waals surface area contributed by atoms with Crippen LogP contribution in [0.25, 0.3) is 0 Å². The molecule has 0 unspecified atom stereocenters. The number of aryl methyl sites for hydroxylation is 1. The van der Waals surface area contributed by atoms with E-state index in [-0.39, 0.29) is 29.6 Å². The van der Waals surface area contributed by atoms with Gasteiger partial charge in [-0.3, -0.25) is 9.59 Å². The molecule has 2 aromatic carbocycles. The van der Waals surface area contributed by atoms with E-state index in [4.69, 9.17) is 4.74 Å². The normalized spacial score (nSPS) is 30.2. The van der Waals surface area contributed by atoms with Gasteiger partial charge in [-0.25, -0.2) is 4.90 Å². The molecule has 0 radical (unpaired) electrons. The van der Waals surface area contributed by atoms with Crippen LogP contribution in [-0.4, -0.2) is 11.8 Å². The number of rotatable bonds is 3. The summed E-state index contributed by atoms with van der Waals surface area (Å²) in [4.78, 5) is 27.7. The summed E-state index contributed by atoms with van der Waals surface area (Å²) in [5.41, 5.74) is 2.30. The summed E-state index contributed by atoms with van der Waals surface area (Å²) in [5, 5.41) is 0. The Morgan fingerprint density at radius 1 is 1.04 bits per heavy atom. The topological polar surface area (TPSA) is 46.6 Å². The largest absolute Gasteiger partial charge is 0.457 e. The van der Waals surface area contributed by atoms with Crippen LogP contribution in [0, 0.1) is 37.0 Å². The van der Waals surface area contributed by atoms with Crippen LogP contribution in [0.5, 0.6) is 11.5 Å². The maximum Gasteiger partial charge on any atom is 0.241 e. The number of anilines is 1. The highest BCUT2D eigenvalue weighted by atomic mass is 16.5. The number of amides is 2. The van der Waals surface area contributed by atoms with Crippen molar-refractivity contribution in [1.29, 1.82) is 0 Å². The van der Waals surface area contributed by atoms with Crippen molar-refractivity contribution in [2.24, 2.45) is 23.2 Å². The first-order valence-electron chi connectivity index (χ1n) is 9.82. The number of hydrogen-bond acceptors (Lipinski definition) is 3. The fraction of sp³-hybridized carbons (Fsp3) is 0.333. The van der Waals surface area contributed by atoms with E-state index >= 15 is 0 Å². The highest BCUT2D eigenvalue weighted by Crippen LogP contribution is 2.60. The Bertz CT molecular complexity index is 1020. The number of ether oxygens (including phenoxy) is 1. The lowest BCUT2D eigenvalue weighted by Gasteiger charge is -2.28. The van der Waals surface area contributed by atoms with E-state index in [2.05, 4.69) is 25.1 Å². The van der Waals surface area contributed by atoms with E-state index in [1.54, 1.807) is 12.1 Å². The van der Waals surface area contributed by atoms with Crippen LogP contribution in [0.1, 0.15) is 24.5 Å². The monoisotopic (exact) mass is 373 g/mol. The molecule has 1 saturated carbocycles. The van der Waals surface area contributed by atoms with Gasteiger partial charge in [-0.2, -0.15) is 0 Å². The van der Waals surface area contributed by atoms with Gasteiger partial charge in [0.2, 0.25) is 11.8 Å². The van der Waals surface area contributed by atoms with Crippen LogP contribution in [0.15, 0.2) is 54.6 Å². The zero-order chi connectivity index (χ0) is 19.6. The molecule has 2 fully saturated rings. The molecule has 0 aromatic heterocycles. The minimum atomic E-state index is -0.593. The summed E-state index contributed by atoms with van der Waals surface area (Å²) < 4.78 is 6.00. The van der Waals surface area contributed by atoms with Gasteiger partial charge in [0.15, 0.2) is 0 Å². The second-order valence-corrected chi connectivity index (χ2v) is 8.42. The molecule has 3 aliphatic rings. The number of imide groups is 1. The van der Waals surface area contributed by atoms with Crippen molar-refractivity contribution < 1.29 is 14.3 Å². The lowest BCUT2D eigenvalue weighted by Crippen LogP contribution is -2.37. The van der Waals surface area contributed by atoms with Gasteiger partial charge in [-0.1, -0.05) is 24.3 Å². The summed E-state index contributed by atoms with van der Waals surface area (Å²) in [6.45, 7) is 6.04. The molecule has 4 nitrogen and oxygen atoms in total. The number of nitrogens with zero attached hydrogens (tertiary/aromatic N) is 1. The molecule has 1 heterocycles. The molecule has 2 amide bonds. The van der Waals surface area contributed by atoms with Crippen LogP contribution in [-0.2, 0) is 9.59 Å². The van der Waals surface area contributed by atoms with E-state index < -0.39 is 5.41 Å². The fourth-order valence-electron chi connectivity index (χ4n) is 5.18. The molecular formula is C24H23NO3. The molecule has 0 N–H and O–H groups in total. The van der Waals surface area contributed by atoms with Gasteiger partial charge in [0.1, 0.15) is 11.5 Å². The van der Waals surface area contributed by atoms with E-state index in [9.17, 15) is 9.59 Å². The van der Waals surface area contributed by atoms with Gasteiger partial charge in [0.05, 0.1) is 17.0 Å². The number of carbonyl (C=O) groups excluding carboxylic acids is 2. The van der Waals surface area contributed by atoms with Crippen LogP contribution in [0.3, 0.4) is 0 Å². The second kappa shape index (κ2) is 5.81. The van der Waals surface area contributed by atoms with Gasteiger partial charge in [-0.05, 0) is 80.5 Å². The molecule has 2 aliphatic carbocycles. The first-order chi connectivity index (χ1) is 13.4. The lowest BCUT2D eigenvalue weighted by molar-refractivity contribution is -0.127. The molecule has 0 spiro atoms. The van der Waals surface area contributed by atoms with Gasteiger partial charge in [-0.15, -0.1) is 0 Å². The predicted octanol–water partition coefficient (Wildman–Crippen LogP) is 4.80. The summed E-state index contributed by atoms with van der Waals surface area (Å²) in [6, 6.07) is 13.2. The van der Waals surface area contributed by atoms with Crippen molar-refractivity contribution in [2.75, 3.05) is 4.90 Å². The minimum absolute atomic E-state index is 0.0625. The van der Waals surface area contributed by atoms with Gasteiger partial charge < -0.3 is 4.74 Å². The quantitative estimate of drug-likeness (QED) is 0.574. The van der Waals surface area contributed by atoms with E-state index in [1.807, 2.05) is 38.1 Å². The molecule has 4 atom stereocenters. The zero-order valence-corrected chi connectivity index (χ0v) is 16.3. The molecule has 4 heteroatoms. The summed E-state index contributed by atoms with van der Waals surface area (Å²) in [6.07, 6.45) is 5.17. The summed E-state index contributed by atoms with van der Waals surface area (Å²) >= 11 is 0. The second-order valence-electron chi connectivity index (χ2n) is 8.42. The van der Waals surface area contributed by atoms with Crippen molar-refractivity contribution in [3.8, 4) is 11.5 Å². The standard InChI is InChI=1S/C24H23NO3/c1-14-5-4-6-20(15(14)2)28-19-11-9-18(10-12-19)25-22(26)21-16-7-8-17(13-16)24(21,3)23(25)27/h4-12,16-17,21H,13H2,1-3H3/t16-,17+,21+,24+/m1/s1. The van der Waals surface area contributed by atoms with Crippen molar-refractivity contribution >= 4 is 17.5 Å². The predicted molar refractivity (Wildman–Crippen MR) is 107 cm³/mol. The first kappa shape index (κ1) is 17.2. The average molecular weight is 373 g/mol. The van der Waals surface area contributed by atoms with Crippen LogP contribution in [0.2, 0.25) is 0 Å². The smallest absolute Gasteiger partial charge is 0.241 e. The Labute approximate surface area is 164 Å². The third-order valence-corrected chi connectivity index (χ3v) is 6.99. The zero-order valence-electron chi connectivity index (χ0n) is 16.3. The number of fused-ring (bicyclic) bond motifs is 5. The van der Waals surface area contributed by atoms with Crippen LogP contribution < -0.4 is 9.64 Å². The van der Waals surface area contributed by atoms with Gasteiger partial charge >= 0.3 is 0 Å². The average Bonchev–Trinajstić information content (AvgIpc) is 3.32. The minimum Gasteiger partial charge on any atom is -0.457 e. The molecule has 142 valence electrons. The maximum atomic E-state index is 13.2. The third kappa shape index (κ3) is 2.17. The van der Waals surface area contributed by atoms with Crippen LogP contribution in [0.4, 0.5) is 5.69 Å². The van der Waals surface area contributed by atoms with E-state index in [1.165, 1.54) is 10.5 Å². The Balaban J connectivity index is 1.42. The van der Waals surface area contributed by atoms with Crippen molar-refractivity contribution in [1.82, 2.24) is 0 Å². The Morgan fingerprint density at radius 3 is 2.50 bits per heavy atom. The van der Waals surface area contributed by atoms with Crippen molar-refractivity contribution in [2.45, 2.75) is 27.2 Å². The first-order valence-corrected chi connectivity index (χ1v) is 9.82. The maximum absolute atomic E-state index is 13.2. The fourth-order valence-corrected chi connectivity index (χ4v) is 5.18. The van der Waals surface area contributed by atoms with Crippen molar-refractivity contribution in [3.05, 3.63) is 65.7 Å². The number of allylic oxidation sites excluding steroid dienone is 2. The highest BCUT2D eigenvalue weighted by Gasteiger charge is 2.67. The SMILES string of the molecule is Cc1cccc(Oc2ccc(N3C(=O)[C@@H]4[C@@H]5C=C[C@@H](C5)[C@]4(C)C3=O)cc2)c1C. The molecule has 1 aliphatic heterocycles. The Morgan fingerprint density at radius 2 is 1.79 bits per heavy atom. The summed E-state index contributed by atoms with van der Waals surface area (Å²) in [5.74, 6) is 1.52. The number of benzene rings is 2. The summed E-state index contributed by atoms with van der Waals surface area (Å²) in [7, 11) is 0.